The van der Waals surface area contributed by atoms with E-state index in [0.29, 0.717) is 5.02 Å². The van der Waals surface area contributed by atoms with Crippen LogP contribution in [0.4, 0.5) is 0 Å². The molecule has 0 aliphatic heterocycles. The smallest absolute Gasteiger partial charge is 0.115 e. The van der Waals surface area contributed by atoms with Gasteiger partial charge in [0.1, 0.15) is 6.10 Å². The van der Waals surface area contributed by atoms with Gasteiger partial charge in [-0.25, -0.2) is 0 Å². The van der Waals surface area contributed by atoms with Crippen molar-refractivity contribution in [3.63, 3.8) is 0 Å². The van der Waals surface area contributed by atoms with Crippen LogP contribution in [0, 0.1) is 0 Å². The van der Waals surface area contributed by atoms with Crippen molar-refractivity contribution < 1.29 is 5.11 Å². The molecule has 17 heavy (non-hydrogen) atoms. The summed E-state index contributed by atoms with van der Waals surface area (Å²) in [5.74, 6) is 0. The Kier molecular flexibility index (Phi) is 4.26. The lowest BCUT2D eigenvalue weighted by atomic mass is 10.1. The number of thiophene rings is 1. The summed E-state index contributed by atoms with van der Waals surface area (Å²) in [7, 11) is 0. The van der Waals surface area contributed by atoms with Crippen molar-refractivity contribution in [1.29, 1.82) is 0 Å². The number of rotatable bonds is 3. The predicted octanol–water partition coefficient (Wildman–Crippen LogP) is 4.81. The molecule has 4 heteroatoms. The molecule has 1 unspecified atom stereocenters. The maximum absolute atomic E-state index is 10.3. The summed E-state index contributed by atoms with van der Waals surface area (Å²) in [6, 6.07) is 9.55. The van der Waals surface area contributed by atoms with Crippen molar-refractivity contribution in [3.8, 4) is 0 Å². The molecular weight excluding hydrogens is 320 g/mol. The summed E-state index contributed by atoms with van der Waals surface area (Å²) < 4.78 is 0.916. The largest absolute Gasteiger partial charge is 0.383 e. The van der Waals surface area contributed by atoms with Crippen LogP contribution in [-0.2, 0) is 6.42 Å². The molecule has 1 N–H and O–H groups in total. The molecule has 0 bridgehead atoms. The Morgan fingerprint density at radius 1 is 1.35 bits per heavy atom. The van der Waals surface area contributed by atoms with Crippen molar-refractivity contribution >= 4 is 38.9 Å². The summed E-state index contributed by atoms with van der Waals surface area (Å²) in [5, 5.41) is 10.9. The highest BCUT2D eigenvalue weighted by Crippen LogP contribution is 2.33. The van der Waals surface area contributed by atoms with E-state index in [9.17, 15) is 5.11 Å². The Labute approximate surface area is 118 Å². The first-order chi connectivity index (χ1) is 8.11. The maximum Gasteiger partial charge on any atom is 0.115 e. The molecule has 0 aliphatic rings. The fraction of sp³-hybridized carbons (Fsp3) is 0.231. The highest BCUT2D eigenvalue weighted by molar-refractivity contribution is 9.10. The van der Waals surface area contributed by atoms with Crippen molar-refractivity contribution in [3.05, 3.63) is 55.1 Å². The van der Waals surface area contributed by atoms with Crippen LogP contribution in [0.25, 0.3) is 0 Å². The van der Waals surface area contributed by atoms with Gasteiger partial charge in [0.2, 0.25) is 0 Å². The van der Waals surface area contributed by atoms with Crippen LogP contribution < -0.4 is 0 Å². The fourth-order valence-electron chi connectivity index (χ4n) is 1.61. The molecule has 0 radical (unpaired) electrons. The quantitative estimate of drug-likeness (QED) is 0.856. The number of aliphatic hydroxyl groups is 1. The topological polar surface area (TPSA) is 20.2 Å². The Balaban J connectivity index is 2.33. The Bertz CT molecular complexity index is 524. The molecule has 1 nitrogen and oxygen atoms in total. The van der Waals surface area contributed by atoms with E-state index in [-0.39, 0.29) is 0 Å². The van der Waals surface area contributed by atoms with E-state index in [1.54, 1.807) is 17.4 Å². The Morgan fingerprint density at radius 2 is 2.12 bits per heavy atom. The lowest BCUT2D eigenvalue weighted by Crippen LogP contribution is -1.97. The normalized spacial score (nSPS) is 12.7. The zero-order chi connectivity index (χ0) is 12.4. The standard InChI is InChI=1S/C13H12BrClOS/c1-2-9-4-6-12(17-9)13(16)10-5-3-8(14)7-11(10)15/h3-7,13,16H,2H2,1H3. The van der Waals surface area contributed by atoms with E-state index in [2.05, 4.69) is 28.9 Å². The molecule has 1 aromatic heterocycles. The van der Waals surface area contributed by atoms with Crippen LogP contribution in [0.2, 0.25) is 5.02 Å². The lowest BCUT2D eigenvalue weighted by Gasteiger charge is -2.11. The number of hydrogen-bond donors (Lipinski definition) is 1. The molecule has 2 rings (SSSR count). The van der Waals surface area contributed by atoms with Crippen molar-refractivity contribution in [2.45, 2.75) is 19.4 Å². The van der Waals surface area contributed by atoms with Gasteiger partial charge >= 0.3 is 0 Å². The van der Waals surface area contributed by atoms with Crippen LogP contribution in [0.1, 0.15) is 28.3 Å². The molecule has 0 fully saturated rings. The lowest BCUT2D eigenvalue weighted by molar-refractivity contribution is 0.224. The third kappa shape index (κ3) is 2.91. The Hall–Kier alpha value is -0.350. The number of benzene rings is 1. The van der Waals surface area contributed by atoms with Gasteiger partial charge < -0.3 is 5.11 Å². The number of aliphatic hydroxyl groups excluding tert-OH is 1. The van der Waals surface area contributed by atoms with Gasteiger partial charge in [0.05, 0.1) is 0 Å². The molecule has 0 saturated carbocycles. The second-order valence-corrected chi connectivity index (χ2v) is 6.25. The van der Waals surface area contributed by atoms with E-state index in [1.807, 2.05) is 18.2 Å². The minimum Gasteiger partial charge on any atom is -0.383 e. The molecule has 90 valence electrons. The zero-order valence-corrected chi connectivity index (χ0v) is 12.4. The highest BCUT2D eigenvalue weighted by atomic mass is 79.9. The average molecular weight is 332 g/mol. The van der Waals surface area contributed by atoms with Gasteiger partial charge in [-0.3, -0.25) is 0 Å². The van der Waals surface area contributed by atoms with Crippen LogP contribution in [0.5, 0.6) is 0 Å². The maximum atomic E-state index is 10.3. The predicted molar refractivity (Wildman–Crippen MR) is 76.9 cm³/mol. The minimum absolute atomic E-state index is 0.582. The number of hydrogen-bond acceptors (Lipinski definition) is 2. The van der Waals surface area contributed by atoms with Crippen LogP contribution in [-0.4, -0.2) is 5.11 Å². The summed E-state index contributed by atoms with van der Waals surface area (Å²) in [4.78, 5) is 2.21. The first kappa shape index (κ1) is 13.1. The van der Waals surface area contributed by atoms with E-state index in [1.165, 1.54) is 4.88 Å². The van der Waals surface area contributed by atoms with Crippen LogP contribution in [0.3, 0.4) is 0 Å². The van der Waals surface area contributed by atoms with E-state index < -0.39 is 6.10 Å². The highest BCUT2D eigenvalue weighted by Gasteiger charge is 2.15. The summed E-state index contributed by atoms with van der Waals surface area (Å²) in [5.41, 5.74) is 0.749. The minimum atomic E-state index is -0.638. The molecule has 1 heterocycles. The molecule has 1 aromatic carbocycles. The third-order valence-electron chi connectivity index (χ3n) is 2.56. The molecule has 1 atom stereocenters. The van der Waals surface area contributed by atoms with Gasteiger partial charge in [-0.2, -0.15) is 0 Å². The number of aryl methyl sites for hydroxylation is 1. The molecule has 0 amide bonds. The molecule has 0 spiro atoms. The van der Waals surface area contributed by atoms with E-state index in [0.717, 1.165) is 21.3 Å². The van der Waals surface area contributed by atoms with E-state index >= 15 is 0 Å². The van der Waals surface area contributed by atoms with Gasteiger partial charge in [-0.05, 0) is 30.7 Å². The SMILES string of the molecule is CCc1ccc(C(O)c2ccc(Br)cc2Cl)s1. The zero-order valence-electron chi connectivity index (χ0n) is 9.28. The molecule has 0 saturated heterocycles. The van der Waals surface area contributed by atoms with Gasteiger partial charge in [-0.15, -0.1) is 11.3 Å². The second kappa shape index (κ2) is 5.53. The first-order valence-corrected chi connectivity index (χ1v) is 7.32. The summed E-state index contributed by atoms with van der Waals surface area (Å²) >= 11 is 11.1. The monoisotopic (exact) mass is 330 g/mol. The van der Waals surface area contributed by atoms with Crippen LogP contribution in [0.15, 0.2) is 34.8 Å². The third-order valence-corrected chi connectivity index (χ3v) is 4.66. The summed E-state index contributed by atoms with van der Waals surface area (Å²) in [6.07, 6.45) is 0.353. The van der Waals surface area contributed by atoms with Gasteiger partial charge in [0, 0.05) is 24.8 Å². The Morgan fingerprint density at radius 3 is 2.71 bits per heavy atom. The average Bonchev–Trinajstić information content (AvgIpc) is 2.76. The number of halogens is 2. The van der Waals surface area contributed by atoms with Gasteiger partial charge in [0.25, 0.3) is 0 Å². The van der Waals surface area contributed by atoms with E-state index in [4.69, 9.17) is 11.6 Å². The van der Waals surface area contributed by atoms with Crippen molar-refractivity contribution in [1.82, 2.24) is 0 Å². The fourth-order valence-corrected chi connectivity index (χ4v) is 3.34. The summed E-state index contributed by atoms with van der Waals surface area (Å²) in [6.45, 7) is 2.11. The van der Waals surface area contributed by atoms with Crippen molar-refractivity contribution in [2.24, 2.45) is 0 Å². The molecule has 0 aliphatic carbocycles. The molecule has 2 aromatic rings. The van der Waals surface area contributed by atoms with Gasteiger partial charge in [-0.1, -0.05) is 40.5 Å². The first-order valence-electron chi connectivity index (χ1n) is 5.33. The van der Waals surface area contributed by atoms with Crippen molar-refractivity contribution in [2.75, 3.05) is 0 Å². The molecular formula is C13H12BrClOS. The van der Waals surface area contributed by atoms with Crippen LogP contribution >= 0.6 is 38.9 Å². The van der Waals surface area contributed by atoms with Gasteiger partial charge in [0.15, 0.2) is 0 Å². The second-order valence-electron chi connectivity index (χ2n) is 3.73.